The summed E-state index contributed by atoms with van der Waals surface area (Å²) < 4.78 is 54.9. The molecule has 0 bridgehead atoms. The van der Waals surface area contributed by atoms with Crippen molar-refractivity contribution in [1.29, 1.82) is 0 Å². The fourth-order valence-electron chi connectivity index (χ4n) is 2.02. The van der Waals surface area contributed by atoms with E-state index in [1.807, 2.05) is 0 Å². The molecule has 0 saturated carbocycles. The Bertz CT molecular complexity index is 701. The molecular formula is C17H15F4NO2. The van der Waals surface area contributed by atoms with Gasteiger partial charge in [-0.3, -0.25) is 4.79 Å². The van der Waals surface area contributed by atoms with E-state index >= 15 is 0 Å². The highest BCUT2D eigenvalue weighted by Crippen LogP contribution is 2.26. The molecule has 0 aliphatic heterocycles. The van der Waals surface area contributed by atoms with Gasteiger partial charge in [0.25, 0.3) is 0 Å². The van der Waals surface area contributed by atoms with E-state index in [0.29, 0.717) is 5.56 Å². The Kier molecular flexibility index (Phi) is 5.78. The quantitative estimate of drug-likeness (QED) is 0.794. The Labute approximate surface area is 136 Å². The summed E-state index contributed by atoms with van der Waals surface area (Å²) in [7, 11) is 0. The van der Waals surface area contributed by atoms with E-state index in [0.717, 1.165) is 0 Å². The molecular weight excluding hydrogens is 326 g/mol. The monoisotopic (exact) mass is 341 g/mol. The molecule has 24 heavy (non-hydrogen) atoms. The van der Waals surface area contributed by atoms with Gasteiger partial charge in [-0.25, -0.2) is 4.39 Å². The van der Waals surface area contributed by atoms with Gasteiger partial charge in [-0.05, 0) is 30.2 Å². The predicted molar refractivity (Wildman–Crippen MR) is 81.3 cm³/mol. The molecule has 7 heteroatoms. The zero-order valence-corrected chi connectivity index (χ0v) is 12.6. The maximum absolute atomic E-state index is 13.5. The number of para-hydroxylation sites is 2. The van der Waals surface area contributed by atoms with E-state index in [2.05, 4.69) is 10.1 Å². The molecule has 2 aromatic rings. The van der Waals surface area contributed by atoms with Gasteiger partial charge in [0.2, 0.25) is 5.91 Å². The molecule has 0 spiro atoms. The van der Waals surface area contributed by atoms with E-state index in [9.17, 15) is 22.4 Å². The third kappa shape index (κ3) is 5.57. The molecule has 0 aromatic heterocycles. The molecule has 0 saturated heterocycles. The third-order valence-corrected chi connectivity index (χ3v) is 3.13. The van der Waals surface area contributed by atoms with Crippen molar-refractivity contribution in [2.24, 2.45) is 0 Å². The number of amides is 1. The van der Waals surface area contributed by atoms with Crippen LogP contribution in [0.25, 0.3) is 0 Å². The molecule has 0 unspecified atom stereocenters. The summed E-state index contributed by atoms with van der Waals surface area (Å²) in [6.07, 6.45) is -4.29. The van der Waals surface area contributed by atoms with Gasteiger partial charge in [-0.1, -0.05) is 30.3 Å². The van der Waals surface area contributed by atoms with Gasteiger partial charge < -0.3 is 10.1 Å². The van der Waals surface area contributed by atoms with E-state index in [1.165, 1.54) is 24.3 Å². The molecule has 0 radical (unpaired) electrons. The smallest absolute Gasteiger partial charge is 0.422 e. The van der Waals surface area contributed by atoms with Crippen molar-refractivity contribution in [3.05, 3.63) is 59.9 Å². The van der Waals surface area contributed by atoms with Crippen molar-refractivity contribution < 1.29 is 27.1 Å². The van der Waals surface area contributed by atoms with Gasteiger partial charge in [0.05, 0.1) is 5.69 Å². The second-order valence-electron chi connectivity index (χ2n) is 5.04. The van der Waals surface area contributed by atoms with Crippen molar-refractivity contribution in [3.63, 3.8) is 0 Å². The lowest BCUT2D eigenvalue weighted by molar-refractivity contribution is -0.153. The molecule has 0 fully saturated rings. The molecule has 2 aromatic carbocycles. The number of aryl methyl sites for hydroxylation is 1. The van der Waals surface area contributed by atoms with Crippen LogP contribution in [0.2, 0.25) is 0 Å². The summed E-state index contributed by atoms with van der Waals surface area (Å²) >= 11 is 0. The zero-order chi connectivity index (χ0) is 17.6. The topological polar surface area (TPSA) is 38.3 Å². The fourth-order valence-corrected chi connectivity index (χ4v) is 2.02. The van der Waals surface area contributed by atoms with Crippen LogP contribution in [0.15, 0.2) is 48.5 Å². The summed E-state index contributed by atoms with van der Waals surface area (Å²) in [5.74, 6) is -0.922. The predicted octanol–water partition coefficient (Wildman–Crippen LogP) is 4.34. The average Bonchev–Trinajstić information content (AvgIpc) is 2.52. The zero-order valence-electron chi connectivity index (χ0n) is 12.6. The van der Waals surface area contributed by atoms with Crippen LogP contribution in [0.4, 0.5) is 23.2 Å². The Morgan fingerprint density at radius 3 is 2.42 bits per heavy atom. The minimum absolute atomic E-state index is 0.00542. The molecule has 1 N–H and O–H groups in total. The van der Waals surface area contributed by atoms with E-state index < -0.39 is 24.5 Å². The second-order valence-corrected chi connectivity index (χ2v) is 5.04. The first kappa shape index (κ1) is 17.8. The van der Waals surface area contributed by atoms with Crippen molar-refractivity contribution in [2.45, 2.75) is 19.0 Å². The summed E-state index contributed by atoms with van der Waals surface area (Å²) in [5, 5.41) is 2.48. The maximum Gasteiger partial charge on any atom is 0.422 e. The highest BCUT2D eigenvalue weighted by molar-refractivity contribution is 5.92. The highest BCUT2D eigenvalue weighted by atomic mass is 19.4. The molecule has 0 aliphatic carbocycles. The van der Waals surface area contributed by atoms with Gasteiger partial charge in [-0.2, -0.15) is 13.2 Å². The first-order chi connectivity index (χ1) is 11.3. The van der Waals surface area contributed by atoms with Crippen LogP contribution in [0.3, 0.4) is 0 Å². The van der Waals surface area contributed by atoms with Crippen LogP contribution < -0.4 is 10.1 Å². The van der Waals surface area contributed by atoms with Crippen LogP contribution in [-0.4, -0.2) is 18.7 Å². The molecule has 0 heterocycles. The first-order valence-corrected chi connectivity index (χ1v) is 7.17. The Hall–Kier alpha value is -2.57. The van der Waals surface area contributed by atoms with Crippen LogP contribution >= 0.6 is 0 Å². The highest BCUT2D eigenvalue weighted by Gasteiger charge is 2.28. The lowest BCUT2D eigenvalue weighted by Gasteiger charge is -2.13. The van der Waals surface area contributed by atoms with Gasteiger partial charge in [-0.15, -0.1) is 0 Å². The Morgan fingerprint density at radius 1 is 1.04 bits per heavy atom. The molecule has 2 rings (SSSR count). The summed E-state index contributed by atoms with van der Waals surface area (Å²) in [6.45, 7) is -1.45. The second kappa shape index (κ2) is 7.81. The standard InChI is InChI=1S/C17H15F4NO2/c18-13-6-2-1-5-12(13)9-10-16(23)22-14-7-3-4-8-15(14)24-11-17(19,20)21/h1-8H,9-11H2,(H,22,23). The molecule has 0 atom stereocenters. The first-order valence-electron chi connectivity index (χ1n) is 7.17. The van der Waals surface area contributed by atoms with Gasteiger partial charge >= 0.3 is 6.18 Å². The van der Waals surface area contributed by atoms with E-state index in [1.54, 1.807) is 24.3 Å². The minimum Gasteiger partial charge on any atom is -0.482 e. The average molecular weight is 341 g/mol. The number of hydrogen-bond donors (Lipinski definition) is 1. The normalized spacial score (nSPS) is 11.2. The van der Waals surface area contributed by atoms with E-state index in [4.69, 9.17) is 0 Å². The number of benzene rings is 2. The van der Waals surface area contributed by atoms with Gasteiger partial charge in [0.15, 0.2) is 6.61 Å². The number of nitrogens with one attached hydrogen (secondary N) is 1. The lowest BCUT2D eigenvalue weighted by Crippen LogP contribution is -2.20. The Balaban J connectivity index is 1.95. The molecule has 3 nitrogen and oxygen atoms in total. The van der Waals surface area contributed by atoms with Crippen molar-refractivity contribution in [3.8, 4) is 5.75 Å². The number of carbonyl (C=O) groups excluding carboxylic acids is 1. The van der Waals surface area contributed by atoms with Crippen molar-refractivity contribution >= 4 is 11.6 Å². The molecule has 128 valence electrons. The molecule has 0 aliphatic rings. The van der Waals surface area contributed by atoms with Gasteiger partial charge in [0.1, 0.15) is 11.6 Å². The summed E-state index contributed by atoms with van der Waals surface area (Å²) in [6, 6.07) is 11.9. The largest absolute Gasteiger partial charge is 0.482 e. The van der Waals surface area contributed by atoms with Crippen LogP contribution in [0.5, 0.6) is 5.75 Å². The fraction of sp³-hybridized carbons (Fsp3) is 0.235. The number of hydrogen-bond acceptors (Lipinski definition) is 2. The number of ether oxygens (including phenoxy) is 1. The number of halogens is 4. The van der Waals surface area contributed by atoms with E-state index in [-0.39, 0.29) is 24.3 Å². The summed E-state index contributed by atoms with van der Waals surface area (Å²) in [4.78, 5) is 11.9. The maximum atomic E-state index is 13.5. The van der Waals surface area contributed by atoms with Crippen LogP contribution in [-0.2, 0) is 11.2 Å². The number of anilines is 1. The Morgan fingerprint density at radius 2 is 1.71 bits per heavy atom. The van der Waals surface area contributed by atoms with Crippen molar-refractivity contribution in [2.75, 3.05) is 11.9 Å². The van der Waals surface area contributed by atoms with Crippen molar-refractivity contribution in [1.82, 2.24) is 0 Å². The number of rotatable bonds is 6. The molecule has 1 amide bonds. The number of carbonyl (C=O) groups is 1. The minimum atomic E-state index is -4.47. The van der Waals surface area contributed by atoms with Crippen LogP contribution in [0.1, 0.15) is 12.0 Å². The van der Waals surface area contributed by atoms with Gasteiger partial charge in [0, 0.05) is 6.42 Å². The summed E-state index contributed by atoms with van der Waals surface area (Å²) in [5.41, 5.74) is 0.537. The number of alkyl halides is 3. The van der Waals surface area contributed by atoms with Crippen LogP contribution in [0, 0.1) is 5.82 Å². The SMILES string of the molecule is O=C(CCc1ccccc1F)Nc1ccccc1OCC(F)(F)F. The third-order valence-electron chi connectivity index (χ3n) is 3.13. The lowest BCUT2D eigenvalue weighted by atomic mass is 10.1.